The second-order valence-electron chi connectivity index (χ2n) is 2.73. The Hall–Kier alpha value is -0.800. The highest BCUT2D eigenvalue weighted by molar-refractivity contribution is 5.20. The normalized spacial score (nSPS) is 13.2. The summed E-state index contributed by atoms with van der Waals surface area (Å²) in [7, 11) is 3.61. The minimum absolute atomic E-state index is 0.230. The van der Waals surface area contributed by atoms with E-state index in [0.29, 0.717) is 6.61 Å². The summed E-state index contributed by atoms with van der Waals surface area (Å²) in [6, 6.07) is 2.20. The zero-order valence-corrected chi connectivity index (χ0v) is 7.76. The van der Waals surface area contributed by atoms with Crippen LogP contribution in [0.15, 0.2) is 16.7 Å². The van der Waals surface area contributed by atoms with Crippen molar-refractivity contribution in [3.8, 4) is 0 Å². The van der Waals surface area contributed by atoms with E-state index in [2.05, 4.69) is 5.32 Å². The summed E-state index contributed by atoms with van der Waals surface area (Å²) in [5.74, 6) is 0.950. The second kappa shape index (κ2) is 4.28. The topological polar surface area (TPSA) is 34.4 Å². The second-order valence-corrected chi connectivity index (χ2v) is 2.73. The van der Waals surface area contributed by atoms with E-state index in [9.17, 15) is 0 Å². The molecule has 0 fully saturated rings. The summed E-state index contributed by atoms with van der Waals surface area (Å²) in [4.78, 5) is 0. The van der Waals surface area contributed by atoms with E-state index in [0.717, 1.165) is 5.76 Å². The highest BCUT2D eigenvalue weighted by Crippen LogP contribution is 2.18. The van der Waals surface area contributed by atoms with E-state index in [1.807, 2.05) is 20.0 Å². The maximum Gasteiger partial charge on any atom is 0.105 e. The molecule has 1 aromatic rings. The molecule has 1 rings (SSSR count). The lowest BCUT2D eigenvalue weighted by molar-refractivity contribution is 0.169. The van der Waals surface area contributed by atoms with E-state index < -0.39 is 0 Å². The van der Waals surface area contributed by atoms with Crippen molar-refractivity contribution in [2.45, 2.75) is 13.0 Å². The van der Waals surface area contributed by atoms with Crippen LogP contribution in [0.1, 0.15) is 17.4 Å². The lowest BCUT2D eigenvalue weighted by atomic mass is 10.1. The van der Waals surface area contributed by atoms with Gasteiger partial charge in [-0.1, -0.05) is 0 Å². The first-order valence-electron chi connectivity index (χ1n) is 3.99. The third-order valence-electron chi connectivity index (χ3n) is 1.96. The molecule has 1 N–H and O–H groups in total. The van der Waals surface area contributed by atoms with Gasteiger partial charge in [0.05, 0.1) is 18.9 Å². The van der Waals surface area contributed by atoms with Gasteiger partial charge in [-0.05, 0) is 20.0 Å². The van der Waals surface area contributed by atoms with Crippen LogP contribution in [0.2, 0.25) is 0 Å². The van der Waals surface area contributed by atoms with Gasteiger partial charge in [0.25, 0.3) is 0 Å². The fraction of sp³-hybridized carbons (Fsp3) is 0.556. The Labute approximate surface area is 72.7 Å². The Bertz CT molecular complexity index is 232. The van der Waals surface area contributed by atoms with Gasteiger partial charge in [0.1, 0.15) is 5.76 Å². The molecule has 0 aromatic carbocycles. The van der Waals surface area contributed by atoms with Gasteiger partial charge in [0.15, 0.2) is 0 Å². The van der Waals surface area contributed by atoms with E-state index >= 15 is 0 Å². The first-order chi connectivity index (χ1) is 5.79. The highest BCUT2D eigenvalue weighted by Gasteiger charge is 2.12. The number of hydrogen-bond donors (Lipinski definition) is 1. The summed E-state index contributed by atoms with van der Waals surface area (Å²) < 4.78 is 10.3. The molecule has 0 spiro atoms. The number of aryl methyl sites for hydroxylation is 1. The molecular weight excluding hydrogens is 154 g/mol. The standard InChI is InChI=1S/C9H15NO2/c1-7-8(4-5-12-7)9(10-2)6-11-3/h4-5,9-10H,6H2,1-3H3. The molecule has 68 valence electrons. The van der Waals surface area contributed by atoms with E-state index in [1.165, 1.54) is 5.56 Å². The van der Waals surface area contributed by atoms with Crippen LogP contribution in [0.25, 0.3) is 0 Å². The molecule has 0 radical (unpaired) electrons. The van der Waals surface area contributed by atoms with Crippen LogP contribution in [0.4, 0.5) is 0 Å². The summed E-state index contributed by atoms with van der Waals surface area (Å²) in [5.41, 5.74) is 1.17. The predicted molar refractivity (Wildman–Crippen MR) is 47.1 cm³/mol. The van der Waals surface area contributed by atoms with Gasteiger partial charge in [-0.2, -0.15) is 0 Å². The van der Waals surface area contributed by atoms with Crippen molar-refractivity contribution in [3.05, 3.63) is 23.7 Å². The Balaban J connectivity index is 2.72. The molecule has 3 heteroatoms. The molecule has 0 amide bonds. The number of methoxy groups -OCH3 is 1. The van der Waals surface area contributed by atoms with Crippen molar-refractivity contribution in [2.24, 2.45) is 0 Å². The van der Waals surface area contributed by atoms with Gasteiger partial charge in [-0.25, -0.2) is 0 Å². The number of furan rings is 1. The van der Waals surface area contributed by atoms with Crippen molar-refractivity contribution in [1.82, 2.24) is 5.32 Å². The summed E-state index contributed by atoms with van der Waals surface area (Å²) in [6.07, 6.45) is 1.70. The molecular formula is C9H15NO2. The van der Waals surface area contributed by atoms with Crippen LogP contribution in [0.3, 0.4) is 0 Å². The largest absolute Gasteiger partial charge is 0.469 e. The predicted octanol–water partition coefficient (Wildman–Crippen LogP) is 1.49. The molecule has 1 aromatic heterocycles. The molecule has 0 saturated carbocycles. The van der Waals surface area contributed by atoms with E-state index in [4.69, 9.17) is 9.15 Å². The Morgan fingerprint density at radius 3 is 2.83 bits per heavy atom. The first-order valence-corrected chi connectivity index (χ1v) is 3.99. The number of hydrogen-bond acceptors (Lipinski definition) is 3. The van der Waals surface area contributed by atoms with Crippen molar-refractivity contribution >= 4 is 0 Å². The molecule has 3 nitrogen and oxygen atoms in total. The summed E-state index contributed by atoms with van der Waals surface area (Å²) >= 11 is 0. The first kappa shape index (κ1) is 9.29. The van der Waals surface area contributed by atoms with Gasteiger partial charge in [0.2, 0.25) is 0 Å². The van der Waals surface area contributed by atoms with Crippen molar-refractivity contribution in [2.75, 3.05) is 20.8 Å². The van der Waals surface area contributed by atoms with Gasteiger partial charge in [-0.3, -0.25) is 0 Å². The Kier molecular flexibility index (Phi) is 3.31. The van der Waals surface area contributed by atoms with Crippen LogP contribution in [0.5, 0.6) is 0 Å². The third kappa shape index (κ3) is 1.87. The molecule has 0 aliphatic rings. The molecule has 1 atom stereocenters. The maximum absolute atomic E-state index is 5.20. The minimum Gasteiger partial charge on any atom is -0.469 e. The average molecular weight is 169 g/mol. The maximum atomic E-state index is 5.20. The Morgan fingerprint density at radius 2 is 2.42 bits per heavy atom. The van der Waals surface area contributed by atoms with Crippen LogP contribution in [-0.2, 0) is 4.74 Å². The van der Waals surface area contributed by atoms with Crippen LogP contribution < -0.4 is 5.32 Å². The molecule has 1 heterocycles. The molecule has 0 bridgehead atoms. The third-order valence-corrected chi connectivity index (χ3v) is 1.96. The number of rotatable bonds is 4. The van der Waals surface area contributed by atoms with Crippen molar-refractivity contribution in [1.29, 1.82) is 0 Å². The van der Waals surface area contributed by atoms with E-state index in [1.54, 1.807) is 13.4 Å². The lowest BCUT2D eigenvalue weighted by Gasteiger charge is -2.13. The monoisotopic (exact) mass is 169 g/mol. The SMILES string of the molecule is CNC(COC)c1ccoc1C. The van der Waals surface area contributed by atoms with E-state index in [-0.39, 0.29) is 6.04 Å². The summed E-state index contributed by atoms with van der Waals surface area (Å²) in [5, 5.41) is 3.16. The van der Waals surface area contributed by atoms with Crippen LogP contribution in [-0.4, -0.2) is 20.8 Å². The number of nitrogens with one attached hydrogen (secondary N) is 1. The zero-order valence-electron chi connectivity index (χ0n) is 7.76. The number of ether oxygens (including phenoxy) is 1. The highest BCUT2D eigenvalue weighted by atomic mass is 16.5. The van der Waals surface area contributed by atoms with Gasteiger partial charge < -0.3 is 14.5 Å². The molecule has 0 saturated heterocycles. The Morgan fingerprint density at radius 1 is 1.67 bits per heavy atom. The smallest absolute Gasteiger partial charge is 0.105 e. The van der Waals surface area contributed by atoms with Gasteiger partial charge in [-0.15, -0.1) is 0 Å². The number of likely N-dealkylation sites (N-methyl/N-ethyl adjacent to an activating group) is 1. The van der Waals surface area contributed by atoms with Crippen LogP contribution in [0, 0.1) is 6.92 Å². The molecule has 12 heavy (non-hydrogen) atoms. The fourth-order valence-corrected chi connectivity index (χ4v) is 1.25. The molecule has 0 aliphatic carbocycles. The van der Waals surface area contributed by atoms with Crippen LogP contribution >= 0.6 is 0 Å². The quantitative estimate of drug-likeness (QED) is 0.741. The molecule has 0 aliphatic heterocycles. The van der Waals surface area contributed by atoms with Crippen molar-refractivity contribution in [3.63, 3.8) is 0 Å². The fourth-order valence-electron chi connectivity index (χ4n) is 1.25. The zero-order chi connectivity index (χ0) is 8.97. The van der Waals surface area contributed by atoms with Crippen molar-refractivity contribution < 1.29 is 9.15 Å². The van der Waals surface area contributed by atoms with Gasteiger partial charge >= 0.3 is 0 Å². The molecule has 1 unspecified atom stereocenters. The van der Waals surface area contributed by atoms with Gasteiger partial charge in [0, 0.05) is 12.7 Å². The lowest BCUT2D eigenvalue weighted by Crippen LogP contribution is -2.21. The minimum atomic E-state index is 0.230. The summed E-state index contributed by atoms with van der Waals surface area (Å²) in [6.45, 7) is 2.62. The average Bonchev–Trinajstić information content (AvgIpc) is 2.47.